The molecule has 0 saturated carbocycles. The lowest BCUT2D eigenvalue weighted by molar-refractivity contribution is -0.127. The van der Waals surface area contributed by atoms with Gasteiger partial charge in [0.05, 0.1) is 4.91 Å². The second-order valence-corrected chi connectivity index (χ2v) is 9.82. The van der Waals surface area contributed by atoms with E-state index in [1.165, 1.54) is 0 Å². The van der Waals surface area contributed by atoms with Crippen molar-refractivity contribution in [1.29, 1.82) is 0 Å². The Balaban J connectivity index is 1.31. The molecule has 3 aromatic rings. The molecule has 2 N–H and O–H groups in total. The minimum absolute atomic E-state index is 0.157. The largest absolute Gasteiger partial charge is 0.484 e. The van der Waals surface area contributed by atoms with Crippen LogP contribution in [0.25, 0.3) is 6.08 Å². The van der Waals surface area contributed by atoms with Gasteiger partial charge < -0.3 is 15.4 Å². The number of anilines is 2. The van der Waals surface area contributed by atoms with E-state index in [9.17, 15) is 19.2 Å². The fraction of sp³-hybridized carbons (Fsp3) is 0.172. The first kappa shape index (κ1) is 26.7. The lowest BCUT2D eigenvalue weighted by Crippen LogP contribution is -2.36. The first-order valence-corrected chi connectivity index (χ1v) is 12.8. The van der Waals surface area contributed by atoms with Gasteiger partial charge in [-0.05, 0) is 65.2 Å². The summed E-state index contributed by atoms with van der Waals surface area (Å²) in [6, 6.07) is 23.3. The minimum Gasteiger partial charge on any atom is -0.484 e. The summed E-state index contributed by atoms with van der Waals surface area (Å²) >= 11 is 0.782. The maximum atomic E-state index is 12.7. The number of imide groups is 1. The van der Waals surface area contributed by atoms with E-state index in [4.69, 9.17) is 4.74 Å². The number of ether oxygens (including phenoxy) is 1. The second kappa shape index (κ2) is 12.2. The maximum absolute atomic E-state index is 12.7. The van der Waals surface area contributed by atoms with E-state index in [0.717, 1.165) is 27.9 Å². The normalized spacial score (nSPS) is 14.2. The quantitative estimate of drug-likeness (QED) is 0.355. The zero-order valence-corrected chi connectivity index (χ0v) is 21.8. The summed E-state index contributed by atoms with van der Waals surface area (Å²) < 4.78 is 5.60. The van der Waals surface area contributed by atoms with Crippen LogP contribution in [0.4, 0.5) is 16.2 Å². The molecule has 38 heavy (non-hydrogen) atoms. The Bertz CT molecular complexity index is 1370. The van der Waals surface area contributed by atoms with E-state index in [-0.39, 0.29) is 29.9 Å². The summed E-state index contributed by atoms with van der Waals surface area (Å²) in [6.07, 6.45) is 1.58. The van der Waals surface area contributed by atoms with Gasteiger partial charge in [0, 0.05) is 11.4 Å². The molecule has 0 spiro atoms. The molecule has 0 unspecified atom stereocenters. The third-order valence-electron chi connectivity index (χ3n) is 5.64. The molecule has 1 saturated heterocycles. The second-order valence-electron chi connectivity index (χ2n) is 8.83. The number of nitrogens with one attached hydrogen (secondary N) is 2. The van der Waals surface area contributed by atoms with Gasteiger partial charge in [-0.3, -0.25) is 24.1 Å². The van der Waals surface area contributed by atoms with Crippen LogP contribution in [0, 0.1) is 0 Å². The number of hydrogen-bond acceptors (Lipinski definition) is 6. The Morgan fingerprint density at radius 2 is 1.58 bits per heavy atom. The van der Waals surface area contributed by atoms with Crippen LogP contribution >= 0.6 is 11.8 Å². The summed E-state index contributed by atoms with van der Waals surface area (Å²) in [4.78, 5) is 50.9. The van der Waals surface area contributed by atoms with Crippen molar-refractivity contribution in [2.24, 2.45) is 0 Å². The highest BCUT2D eigenvalue weighted by Crippen LogP contribution is 2.32. The van der Waals surface area contributed by atoms with Gasteiger partial charge >= 0.3 is 0 Å². The van der Waals surface area contributed by atoms with E-state index < -0.39 is 17.1 Å². The number of carbonyl (C=O) groups excluding carboxylic acids is 4. The van der Waals surface area contributed by atoms with Crippen molar-refractivity contribution < 1.29 is 23.9 Å². The zero-order valence-electron chi connectivity index (χ0n) is 21.0. The van der Waals surface area contributed by atoms with Gasteiger partial charge in [0.1, 0.15) is 12.3 Å². The van der Waals surface area contributed by atoms with Crippen molar-refractivity contribution in [3.8, 4) is 5.75 Å². The molecule has 1 heterocycles. The third-order valence-corrected chi connectivity index (χ3v) is 6.54. The van der Waals surface area contributed by atoms with Gasteiger partial charge in [0.25, 0.3) is 17.1 Å². The van der Waals surface area contributed by atoms with Crippen molar-refractivity contribution in [1.82, 2.24) is 4.90 Å². The van der Waals surface area contributed by atoms with Crippen LogP contribution in [0.1, 0.15) is 30.9 Å². The van der Waals surface area contributed by atoms with Crippen LogP contribution in [-0.2, 0) is 14.4 Å². The summed E-state index contributed by atoms with van der Waals surface area (Å²) in [7, 11) is 0. The topological polar surface area (TPSA) is 105 Å². The van der Waals surface area contributed by atoms with Crippen molar-refractivity contribution in [3.05, 3.63) is 94.9 Å². The summed E-state index contributed by atoms with van der Waals surface area (Å²) in [5.41, 5.74) is 3.07. The number of carbonyl (C=O) groups is 4. The van der Waals surface area contributed by atoms with Gasteiger partial charge in [0.15, 0.2) is 6.61 Å². The molecule has 4 rings (SSSR count). The molecule has 0 radical (unpaired) electrons. The van der Waals surface area contributed by atoms with E-state index in [1.807, 2.05) is 30.3 Å². The van der Waals surface area contributed by atoms with Crippen LogP contribution in [0.5, 0.6) is 5.75 Å². The van der Waals surface area contributed by atoms with Crippen LogP contribution in [0.3, 0.4) is 0 Å². The lowest BCUT2D eigenvalue weighted by atomic mass is 10.0. The highest BCUT2D eigenvalue weighted by Gasteiger charge is 2.36. The molecule has 9 heteroatoms. The number of thioether (sulfide) groups is 1. The first-order chi connectivity index (χ1) is 18.3. The number of hydrogen-bond donors (Lipinski definition) is 2. The van der Waals surface area contributed by atoms with Crippen LogP contribution in [0.2, 0.25) is 0 Å². The Morgan fingerprint density at radius 3 is 2.29 bits per heavy atom. The molecule has 1 aliphatic heterocycles. The summed E-state index contributed by atoms with van der Waals surface area (Å²) in [5.74, 6) is -0.500. The van der Waals surface area contributed by atoms with E-state index >= 15 is 0 Å². The van der Waals surface area contributed by atoms with Gasteiger partial charge in [-0.25, -0.2) is 0 Å². The average Bonchev–Trinajstić information content (AvgIpc) is 3.16. The zero-order chi connectivity index (χ0) is 27.1. The fourth-order valence-corrected chi connectivity index (χ4v) is 4.60. The molecule has 0 aliphatic carbocycles. The Hall–Kier alpha value is -4.37. The van der Waals surface area contributed by atoms with Crippen molar-refractivity contribution in [2.75, 3.05) is 23.8 Å². The van der Waals surface area contributed by atoms with Gasteiger partial charge in [-0.1, -0.05) is 62.4 Å². The molecule has 0 bridgehead atoms. The Labute approximate surface area is 225 Å². The third kappa shape index (κ3) is 6.89. The molecule has 1 aliphatic rings. The van der Waals surface area contributed by atoms with Crippen LogP contribution in [0.15, 0.2) is 83.8 Å². The van der Waals surface area contributed by atoms with Crippen LogP contribution < -0.4 is 15.4 Å². The molecule has 8 nitrogen and oxygen atoms in total. The number of para-hydroxylation sites is 2. The van der Waals surface area contributed by atoms with Crippen molar-refractivity contribution in [2.45, 2.75) is 19.8 Å². The Kier molecular flexibility index (Phi) is 8.60. The van der Waals surface area contributed by atoms with Gasteiger partial charge in [-0.2, -0.15) is 0 Å². The highest BCUT2D eigenvalue weighted by atomic mass is 32.2. The SMILES string of the molecule is CC(C)c1ccccc1NC(=O)COc1ccc(/C=C2\SC(=O)N(CC(=O)Nc3ccccc3)C2=O)cc1. The smallest absolute Gasteiger partial charge is 0.294 e. The predicted molar refractivity (Wildman–Crippen MR) is 149 cm³/mol. The van der Waals surface area contributed by atoms with Crippen molar-refractivity contribution in [3.63, 3.8) is 0 Å². The number of benzene rings is 3. The minimum atomic E-state index is -0.526. The van der Waals surface area contributed by atoms with E-state index in [1.54, 1.807) is 54.6 Å². The Morgan fingerprint density at radius 1 is 0.895 bits per heavy atom. The van der Waals surface area contributed by atoms with Crippen molar-refractivity contribution >= 4 is 52.2 Å². The van der Waals surface area contributed by atoms with E-state index in [0.29, 0.717) is 17.0 Å². The van der Waals surface area contributed by atoms with E-state index in [2.05, 4.69) is 24.5 Å². The highest BCUT2D eigenvalue weighted by molar-refractivity contribution is 8.18. The number of amides is 4. The first-order valence-electron chi connectivity index (χ1n) is 12.0. The van der Waals surface area contributed by atoms with Crippen LogP contribution in [-0.4, -0.2) is 41.0 Å². The molecule has 1 fully saturated rings. The average molecular weight is 530 g/mol. The molecular weight excluding hydrogens is 502 g/mol. The predicted octanol–water partition coefficient (Wildman–Crippen LogP) is 5.50. The summed E-state index contributed by atoms with van der Waals surface area (Å²) in [5, 5.41) is 5.04. The number of rotatable bonds is 9. The fourth-order valence-electron chi connectivity index (χ4n) is 3.76. The molecule has 194 valence electrons. The molecule has 0 atom stereocenters. The molecule has 3 aromatic carbocycles. The molecular formula is C29H27N3O5S. The van der Waals surface area contributed by atoms with Gasteiger partial charge in [0.2, 0.25) is 5.91 Å². The monoisotopic (exact) mass is 529 g/mol. The maximum Gasteiger partial charge on any atom is 0.294 e. The standard InChI is InChI=1S/C29H27N3O5S/c1-19(2)23-10-6-7-11-24(23)31-27(34)18-37-22-14-12-20(13-15-22)16-25-28(35)32(29(36)38-25)17-26(33)30-21-8-4-3-5-9-21/h3-16,19H,17-18H2,1-2H3,(H,30,33)(H,31,34)/b25-16-. The molecule has 4 amide bonds. The summed E-state index contributed by atoms with van der Waals surface area (Å²) in [6.45, 7) is 3.60. The van der Waals surface area contributed by atoms with Gasteiger partial charge in [-0.15, -0.1) is 0 Å². The lowest BCUT2D eigenvalue weighted by Gasteiger charge is -2.14. The number of nitrogens with zero attached hydrogens (tertiary/aromatic N) is 1. The molecule has 0 aromatic heterocycles.